The van der Waals surface area contributed by atoms with Crippen molar-refractivity contribution in [2.45, 2.75) is 6.54 Å². The molecule has 2 aromatic carbocycles. The molecule has 3 N–H and O–H groups in total. The highest BCUT2D eigenvalue weighted by Crippen LogP contribution is 2.29. The zero-order valence-corrected chi connectivity index (χ0v) is 14.1. The van der Waals surface area contributed by atoms with Crippen LogP contribution in [0.1, 0.15) is 5.56 Å². The van der Waals surface area contributed by atoms with Crippen LogP contribution in [0, 0.1) is 5.82 Å². The van der Waals surface area contributed by atoms with E-state index in [4.69, 9.17) is 10.5 Å². The standard InChI is InChI=1S/C19H21FN4O/c1-24(10-9-21)13-15-12-22-23-19(15)14-7-8-18(17(20)11-14)25-16-5-3-2-4-6-16/h2-8,11-12H,9-10,13,21H2,1H3,(H,22,23). The molecule has 3 aromatic rings. The van der Waals surface area contributed by atoms with Crippen molar-refractivity contribution in [1.82, 2.24) is 15.1 Å². The Labute approximate surface area is 146 Å². The van der Waals surface area contributed by atoms with E-state index < -0.39 is 5.82 Å². The van der Waals surface area contributed by atoms with Crippen LogP contribution < -0.4 is 10.5 Å². The van der Waals surface area contributed by atoms with Crippen LogP contribution >= 0.6 is 0 Å². The minimum absolute atomic E-state index is 0.187. The average molecular weight is 340 g/mol. The van der Waals surface area contributed by atoms with Crippen molar-refractivity contribution < 1.29 is 9.13 Å². The predicted molar refractivity (Wildman–Crippen MR) is 95.9 cm³/mol. The van der Waals surface area contributed by atoms with Gasteiger partial charge in [0.15, 0.2) is 11.6 Å². The molecule has 0 aliphatic carbocycles. The van der Waals surface area contributed by atoms with Crippen molar-refractivity contribution in [3.63, 3.8) is 0 Å². The zero-order valence-electron chi connectivity index (χ0n) is 14.1. The maximum absolute atomic E-state index is 14.5. The van der Waals surface area contributed by atoms with Crippen molar-refractivity contribution >= 4 is 0 Å². The first-order chi connectivity index (χ1) is 12.2. The van der Waals surface area contributed by atoms with Crippen molar-refractivity contribution in [3.8, 4) is 22.8 Å². The fourth-order valence-corrected chi connectivity index (χ4v) is 2.62. The third-order valence-corrected chi connectivity index (χ3v) is 3.85. The largest absolute Gasteiger partial charge is 0.454 e. The lowest BCUT2D eigenvalue weighted by Gasteiger charge is -2.15. The molecule has 3 rings (SSSR count). The first kappa shape index (κ1) is 17.1. The highest BCUT2D eigenvalue weighted by atomic mass is 19.1. The van der Waals surface area contributed by atoms with Crippen LogP contribution in [0.5, 0.6) is 11.5 Å². The minimum Gasteiger partial charge on any atom is -0.454 e. The normalized spacial score (nSPS) is 11.0. The Morgan fingerprint density at radius 1 is 1.20 bits per heavy atom. The molecule has 0 aliphatic rings. The van der Waals surface area contributed by atoms with E-state index in [1.165, 1.54) is 6.07 Å². The van der Waals surface area contributed by atoms with Gasteiger partial charge in [-0.05, 0) is 37.4 Å². The molecule has 0 saturated carbocycles. The fraction of sp³-hybridized carbons (Fsp3) is 0.211. The molecular weight excluding hydrogens is 319 g/mol. The lowest BCUT2D eigenvalue weighted by molar-refractivity contribution is 0.337. The number of H-pyrrole nitrogens is 1. The Bertz CT molecular complexity index is 819. The Morgan fingerprint density at radius 2 is 2.00 bits per heavy atom. The van der Waals surface area contributed by atoms with E-state index in [1.807, 2.05) is 37.5 Å². The summed E-state index contributed by atoms with van der Waals surface area (Å²) in [6, 6.07) is 14.0. The van der Waals surface area contributed by atoms with Gasteiger partial charge in [0.25, 0.3) is 0 Å². The molecule has 0 fully saturated rings. The lowest BCUT2D eigenvalue weighted by atomic mass is 10.1. The van der Waals surface area contributed by atoms with E-state index in [1.54, 1.807) is 18.2 Å². The van der Waals surface area contributed by atoms with E-state index in [-0.39, 0.29) is 5.75 Å². The third kappa shape index (κ3) is 4.23. The summed E-state index contributed by atoms with van der Waals surface area (Å²) in [5, 5.41) is 7.12. The Balaban J connectivity index is 1.80. The first-order valence-electron chi connectivity index (χ1n) is 8.11. The summed E-state index contributed by atoms with van der Waals surface area (Å²) in [7, 11) is 1.99. The van der Waals surface area contributed by atoms with Crippen LogP contribution in [0.3, 0.4) is 0 Å². The number of aromatic amines is 1. The molecule has 0 amide bonds. The number of rotatable bonds is 7. The van der Waals surface area contributed by atoms with Gasteiger partial charge < -0.3 is 15.4 Å². The van der Waals surface area contributed by atoms with Gasteiger partial charge in [-0.25, -0.2) is 4.39 Å². The number of halogens is 1. The van der Waals surface area contributed by atoms with Gasteiger partial charge in [0.05, 0.1) is 5.69 Å². The quantitative estimate of drug-likeness (QED) is 0.692. The number of nitrogens with zero attached hydrogens (tertiary/aromatic N) is 2. The molecule has 0 radical (unpaired) electrons. The zero-order chi connectivity index (χ0) is 17.6. The molecule has 1 aromatic heterocycles. The molecular formula is C19H21FN4O. The van der Waals surface area contributed by atoms with Gasteiger partial charge in [-0.3, -0.25) is 5.10 Å². The summed E-state index contributed by atoms with van der Waals surface area (Å²) in [6.45, 7) is 2.06. The summed E-state index contributed by atoms with van der Waals surface area (Å²) in [4.78, 5) is 2.09. The SMILES string of the molecule is CN(CCN)Cc1c[nH]nc1-c1ccc(Oc2ccccc2)c(F)c1. The lowest BCUT2D eigenvalue weighted by Crippen LogP contribution is -2.25. The van der Waals surface area contributed by atoms with Crippen molar-refractivity contribution in [3.05, 3.63) is 66.1 Å². The number of benzene rings is 2. The summed E-state index contributed by atoms with van der Waals surface area (Å²) < 4.78 is 20.0. The first-order valence-corrected chi connectivity index (χ1v) is 8.11. The van der Waals surface area contributed by atoms with Crippen molar-refractivity contribution in [1.29, 1.82) is 0 Å². The van der Waals surface area contributed by atoms with Crippen LogP contribution in [0.2, 0.25) is 0 Å². The molecule has 6 heteroatoms. The number of nitrogens with two attached hydrogens (primary N) is 1. The minimum atomic E-state index is -0.425. The third-order valence-electron chi connectivity index (χ3n) is 3.85. The smallest absolute Gasteiger partial charge is 0.166 e. The van der Waals surface area contributed by atoms with Gasteiger partial charge in [0.2, 0.25) is 0 Å². The number of nitrogens with one attached hydrogen (secondary N) is 1. The van der Waals surface area contributed by atoms with Crippen LogP contribution in [0.4, 0.5) is 4.39 Å². The maximum atomic E-state index is 14.5. The Morgan fingerprint density at radius 3 is 2.72 bits per heavy atom. The second kappa shape index (κ2) is 7.92. The molecule has 0 atom stereocenters. The summed E-state index contributed by atoms with van der Waals surface area (Å²) in [5.74, 6) is 0.357. The van der Waals surface area contributed by atoms with Crippen molar-refractivity contribution in [2.24, 2.45) is 5.73 Å². The van der Waals surface area contributed by atoms with Crippen LogP contribution in [-0.2, 0) is 6.54 Å². The predicted octanol–water partition coefficient (Wildman–Crippen LogP) is 3.40. The van der Waals surface area contributed by atoms with Crippen LogP contribution in [0.15, 0.2) is 54.7 Å². The van der Waals surface area contributed by atoms with Gasteiger partial charge in [-0.1, -0.05) is 18.2 Å². The van der Waals surface area contributed by atoms with Gasteiger partial charge in [0.1, 0.15) is 5.75 Å². The Kier molecular flexibility index (Phi) is 5.42. The number of likely N-dealkylation sites (N-methyl/N-ethyl adjacent to an activating group) is 1. The Hall–Kier alpha value is -2.70. The number of hydrogen-bond acceptors (Lipinski definition) is 4. The topological polar surface area (TPSA) is 67.2 Å². The van der Waals surface area contributed by atoms with E-state index >= 15 is 0 Å². The highest BCUT2D eigenvalue weighted by molar-refractivity contribution is 5.63. The molecule has 0 saturated heterocycles. The van der Waals surface area contributed by atoms with E-state index in [9.17, 15) is 4.39 Å². The molecule has 25 heavy (non-hydrogen) atoms. The maximum Gasteiger partial charge on any atom is 0.166 e. The number of ether oxygens (including phenoxy) is 1. The molecule has 130 valence electrons. The summed E-state index contributed by atoms with van der Waals surface area (Å²) in [5.41, 5.74) is 8.01. The monoisotopic (exact) mass is 340 g/mol. The van der Waals surface area contributed by atoms with Gasteiger partial charge in [-0.15, -0.1) is 0 Å². The second-order valence-corrected chi connectivity index (χ2v) is 5.85. The van der Waals surface area contributed by atoms with Gasteiger partial charge in [-0.2, -0.15) is 5.10 Å². The molecule has 0 unspecified atom stereocenters. The van der Waals surface area contributed by atoms with E-state index in [0.29, 0.717) is 24.4 Å². The number of aromatic nitrogens is 2. The summed E-state index contributed by atoms with van der Waals surface area (Å²) >= 11 is 0. The van der Waals surface area contributed by atoms with E-state index in [2.05, 4.69) is 15.1 Å². The van der Waals surface area contributed by atoms with Crippen molar-refractivity contribution in [2.75, 3.05) is 20.1 Å². The fourth-order valence-electron chi connectivity index (χ4n) is 2.62. The molecule has 1 heterocycles. The van der Waals surface area contributed by atoms with Crippen LogP contribution in [0.25, 0.3) is 11.3 Å². The average Bonchev–Trinajstić information content (AvgIpc) is 3.06. The number of para-hydroxylation sites is 1. The highest BCUT2D eigenvalue weighted by Gasteiger charge is 2.13. The van der Waals surface area contributed by atoms with Gasteiger partial charge in [0, 0.05) is 37.0 Å². The molecule has 5 nitrogen and oxygen atoms in total. The number of hydrogen-bond donors (Lipinski definition) is 2. The molecule has 0 bridgehead atoms. The van der Waals surface area contributed by atoms with Gasteiger partial charge >= 0.3 is 0 Å². The molecule has 0 spiro atoms. The van der Waals surface area contributed by atoms with E-state index in [0.717, 1.165) is 17.8 Å². The van der Waals surface area contributed by atoms with Crippen LogP contribution in [-0.4, -0.2) is 35.2 Å². The summed E-state index contributed by atoms with van der Waals surface area (Å²) in [6.07, 6.45) is 1.83. The second-order valence-electron chi connectivity index (χ2n) is 5.85. The molecule has 0 aliphatic heterocycles.